The molecule has 0 bridgehead atoms. The average molecular weight is 269 g/mol. The van der Waals surface area contributed by atoms with Crippen LogP contribution in [0.2, 0.25) is 0 Å². The van der Waals surface area contributed by atoms with Crippen molar-refractivity contribution in [1.82, 2.24) is 5.32 Å². The van der Waals surface area contributed by atoms with Crippen LogP contribution in [0.1, 0.15) is 29.9 Å². The number of aliphatic hydroxyl groups is 1. The maximum atomic E-state index is 13.9. The Kier molecular flexibility index (Phi) is 3.90. The number of nitrogens with one attached hydrogen (secondary N) is 1. The van der Waals surface area contributed by atoms with E-state index in [0.29, 0.717) is 5.56 Å². The number of carbonyl (C=O) groups is 2. The second-order valence-corrected chi connectivity index (χ2v) is 4.45. The van der Waals surface area contributed by atoms with Crippen LogP contribution in [0.5, 0.6) is 0 Å². The number of hydrogen-bond donors (Lipinski definition) is 2. The Morgan fingerprint density at radius 3 is 2.42 bits per heavy atom. The van der Waals surface area contributed by atoms with Gasteiger partial charge in [0.1, 0.15) is 11.6 Å². The summed E-state index contributed by atoms with van der Waals surface area (Å²) in [6, 6.07) is 2.22. The van der Waals surface area contributed by atoms with E-state index in [1.54, 1.807) is 0 Å². The number of piperidine rings is 1. The van der Waals surface area contributed by atoms with Crippen molar-refractivity contribution in [3.63, 3.8) is 0 Å². The number of halogens is 2. The molecule has 1 aliphatic rings. The molecule has 6 heteroatoms. The van der Waals surface area contributed by atoms with Gasteiger partial charge in [-0.15, -0.1) is 0 Å². The molecule has 0 aromatic heterocycles. The Bertz CT molecular complexity index is 508. The van der Waals surface area contributed by atoms with Crippen LogP contribution in [0, 0.1) is 11.6 Å². The predicted molar refractivity (Wildman–Crippen MR) is 62.3 cm³/mol. The number of rotatable bonds is 3. The van der Waals surface area contributed by atoms with E-state index in [2.05, 4.69) is 5.32 Å². The van der Waals surface area contributed by atoms with Gasteiger partial charge in [0.05, 0.1) is 5.92 Å². The van der Waals surface area contributed by atoms with Gasteiger partial charge in [0.15, 0.2) is 0 Å². The Labute approximate surface area is 108 Å². The number of benzene rings is 1. The van der Waals surface area contributed by atoms with E-state index in [1.165, 1.54) is 0 Å². The maximum absolute atomic E-state index is 13.9. The molecule has 0 saturated carbocycles. The van der Waals surface area contributed by atoms with Crippen molar-refractivity contribution in [2.24, 2.45) is 0 Å². The van der Waals surface area contributed by atoms with Crippen molar-refractivity contribution >= 4 is 11.8 Å². The van der Waals surface area contributed by atoms with E-state index in [-0.39, 0.29) is 31.4 Å². The molecule has 1 saturated heterocycles. The van der Waals surface area contributed by atoms with Crippen LogP contribution in [-0.4, -0.2) is 23.5 Å². The van der Waals surface area contributed by atoms with E-state index in [0.717, 1.165) is 12.1 Å². The van der Waals surface area contributed by atoms with Crippen molar-refractivity contribution in [2.75, 3.05) is 6.61 Å². The summed E-state index contributed by atoms with van der Waals surface area (Å²) in [4.78, 5) is 22.6. The third-order valence-corrected chi connectivity index (χ3v) is 3.13. The Hall–Kier alpha value is -1.82. The lowest BCUT2D eigenvalue weighted by Crippen LogP contribution is -2.40. The fourth-order valence-electron chi connectivity index (χ4n) is 2.21. The van der Waals surface area contributed by atoms with Gasteiger partial charge in [-0.2, -0.15) is 0 Å². The molecule has 1 fully saturated rings. The zero-order valence-corrected chi connectivity index (χ0v) is 10.1. The Balaban J connectivity index is 2.34. The molecule has 1 aromatic carbocycles. The van der Waals surface area contributed by atoms with Gasteiger partial charge in [-0.3, -0.25) is 14.9 Å². The summed E-state index contributed by atoms with van der Waals surface area (Å²) in [5, 5.41) is 10.8. The fraction of sp³-hybridized carbons (Fsp3) is 0.385. The van der Waals surface area contributed by atoms with Crippen LogP contribution in [-0.2, 0) is 16.0 Å². The molecular weight excluding hydrogens is 256 g/mol. The predicted octanol–water partition coefficient (Wildman–Crippen LogP) is 1.02. The normalized spacial score (nSPS) is 19.4. The van der Waals surface area contributed by atoms with Crippen molar-refractivity contribution < 1.29 is 23.5 Å². The quantitative estimate of drug-likeness (QED) is 0.805. The first-order chi connectivity index (χ1) is 9.02. The summed E-state index contributed by atoms with van der Waals surface area (Å²) in [6.45, 7) is -0.212. The molecule has 1 aliphatic heterocycles. The largest absolute Gasteiger partial charge is 0.396 e. The third-order valence-electron chi connectivity index (χ3n) is 3.13. The molecule has 0 radical (unpaired) electrons. The molecule has 2 rings (SSSR count). The van der Waals surface area contributed by atoms with E-state index >= 15 is 0 Å². The summed E-state index contributed by atoms with van der Waals surface area (Å²) in [5.41, 5.74) is 0.0141. The average Bonchev–Trinajstić information content (AvgIpc) is 2.31. The lowest BCUT2D eigenvalue weighted by Gasteiger charge is -2.22. The number of carbonyl (C=O) groups excluding carboxylic acids is 2. The van der Waals surface area contributed by atoms with Crippen LogP contribution in [0.3, 0.4) is 0 Å². The lowest BCUT2D eigenvalue weighted by atomic mass is 9.89. The van der Waals surface area contributed by atoms with Gasteiger partial charge in [0.2, 0.25) is 11.8 Å². The number of hydrogen-bond acceptors (Lipinski definition) is 3. The van der Waals surface area contributed by atoms with Gasteiger partial charge in [-0.1, -0.05) is 0 Å². The van der Waals surface area contributed by atoms with Crippen LogP contribution < -0.4 is 5.32 Å². The minimum Gasteiger partial charge on any atom is -0.396 e. The highest BCUT2D eigenvalue weighted by molar-refractivity contribution is 6.00. The van der Waals surface area contributed by atoms with Crippen molar-refractivity contribution in [3.05, 3.63) is 34.9 Å². The van der Waals surface area contributed by atoms with Crippen molar-refractivity contribution in [2.45, 2.75) is 25.2 Å². The zero-order valence-electron chi connectivity index (χ0n) is 10.1. The fourth-order valence-corrected chi connectivity index (χ4v) is 2.21. The van der Waals surface area contributed by atoms with Crippen molar-refractivity contribution in [3.8, 4) is 0 Å². The summed E-state index contributed by atoms with van der Waals surface area (Å²) in [5.74, 6) is -3.74. The summed E-state index contributed by atoms with van der Waals surface area (Å²) < 4.78 is 27.8. The van der Waals surface area contributed by atoms with Gasteiger partial charge >= 0.3 is 0 Å². The first-order valence-electron chi connectivity index (χ1n) is 5.95. The topological polar surface area (TPSA) is 66.4 Å². The monoisotopic (exact) mass is 269 g/mol. The molecule has 0 unspecified atom stereocenters. The molecule has 0 aliphatic carbocycles. The van der Waals surface area contributed by atoms with Gasteiger partial charge in [-0.25, -0.2) is 8.78 Å². The van der Waals surface area contributed by atoms with Crippen LogP contribution in [0.15, 0.2) is 12.1 Å². The number of amides is 2. The maximum Gasteiger partial charge on any atom is 0.234 e. The summed E-state index contributed by atoms with van der Waals surface area (Å²) in [6.07, 6.45) is 0.301. The van der Waals surface area contributed by atoms with Crippen LogP contribution in [0.4, 0.5) is 8.78 Å². The minimum absolute atomic E-state index is 0.0632. The smallest absolute Gasteiger partial charge is 0.234 e. The molecule has 1 atom stereocenters. The molecule has 1 heterocycles. The van der Waals surface area contributed by atoms with Gasteiger partial charge in [-0.05, 0) is 30.5 Å². The Morgan fingerprint density at radius 1 is 1.26 bits per heavy atom. The molecule has 1 aromatic rings. The van der Waals surface area contributed by atoms with E-state index < -0.39 is 29.4 Å². The Morgan fingerprint density at radius 2 is 1.89 bits per heavy atom. The standard InChI is InChI=1S/C13H13F2NO3/c14-9-5-7(3-4-17)6-10(15)12(9)8-1-2-11(18)16-13(8)19/h5-6,8,17H,1-4H2,(H,16,18,19)/t8-/m1/s1. The second kappa shape index (κ2) is 5.44. The highest BCUT2D eigenvalue weighted by Crippen LogP contribution is 2.30. The van der Waals surface area contributed by atoms with Crippen molar-refractivity contribution in [1.29, 1.82) is 0 Å². The minimum atomic E-state index is -0.985. The van der Waals surface area contributed by atoms with E-state index in [4.69, 9.17) is 5.11 Å². The number of imide groups is 1. The molecule has 2 amide bonds. The molecular formula is C13H13F2NO3. The first kappa shape index (κ1) is 13.6. The SMILES string of the molecule is O=C1CC[C@H](c2c(F)cc(CCO)cc2F)C(=O)N1. The number of aliphatic hydroxyl groups excluding tert-OH is 1. The lowest BCUT2D eigenvalue weighted by molar-refractivity contribution is -0.134. The molecule has 19 heavy (non-hydrogen) atoms. The highest BCUT2D eigenvalue weighted by atomic mass is 19.1. The summed E-state index contributed by atoms with van der Waals surface area (Å²) >= 11 is 0. The molecule has 102 valence electrons. The molecule has 0 spiro atoms. The second-order valence-electron chi connectivity index (χ2n) is 4.45. The van der Waals surface area contributed by atoms with E-state index in [9.17, 15) is 18.4 Å². The molecule has 4 nitrogen and oxygen atoms in total. The summed E-state index contributed by atoms with van der Waals surface area (Å²) in [7, 11) is 0. The third kappa shape index (κ3) is 2.78. The first-order valence-corrected chi connectivity index (χ1v) is 5.95. The van der Waals surface area contributed by atoms with E-state index in [1.807, 2.05) is 0 Å². The van der Waals surface area contributed by atoms with Gasteiger partial charge < -0.3 is 5.11 Å². The zero-order chi connectivity index (χ0) is 14.0. The van der Waals surface area contributed by atoms with Crippen LogP contribution >= 0.6 is 0 Å². The van der Waals surface area contributed by atoms with Crippen LogP contribution in [0.25, 0.3) is 0 Å². The molecule has 2 N–H and O–H groups in total. The van der Waals surface area contributed by atoms with Gasteiger partial charge in [0, 0.05) is 18.6 Å². The highest BCUT2D eigenvalue weighted by Gasteiger charge is 2.32. The van der Waals surface area contributed by atoms with Gasteiger partial charge in [0.25, 0.3) is 0 Å².